The molecule has 0 amide bonds. The summed E-state index contributed by atoms with van der Waals surface area (Å²) in [6, 6.07) is 6.26. The fourth-order valence-corrected chi connectivity index (χ4v) is 2.33. The monoisotopic (exact) mass is 300 g/mol. The van der Waals surface area contributed by atoms with E-state index in [0.29, 0.717) is 5.92 Å². The highest BCUT2D eigenvalue weighted by Gasteiger charge is 2.14. The van der Waals surface area contributed by atoms with Gasteiger partial charge in [0.25, 0.3) is 0 Å². The highest BCUT2D eigenvalue weighted by atomic mass is 79.9. The minimum absolute atomic E-state index is 0.187. The van der Waals surface area contributed by atoms with Gasteiger partial charge in [-0.3, -0.25) is 11.3 Å². The molecule has 17 heavy (non-hydrogen) atoms. The Hall–Kier alpha value is -0.580. The standard InChI is InChI=1S/C13H21BrN2O/c1-4-9(2)7-12(16-15)10-5-6-13(17-3)11(14)8-10/h5-6,8-9,12,16H,4,7,15H2,1-3H3. The summed E-state index contributed by atoms with van der Waals surface area (Å²) in [7, 11) is 1.66. The molecular formula is C13H21BrN2O. The molecule has 4 heteroatoms. The van der Waals surface area contributed by atoms with Crippen LogP contribution in [0.1, 0.15) is 38.3 Å². The summed E-state index contributed by atoms with van der Waals surface area (Å²) in [4.78, 5) is 0. The third kappa shape index (κ3) is 3.98. The number of nitrogens with one attached hydrogen (secondary N) is 1. The Morgan fingerprint density at radius 1 is 1.47 bits per heavy atom. The first-order chi connectivity index (χ1) is 8.12. The van der Waals surface area contributed by atoms with E-state index in [1.165, 1.54) is 5.56 Å². The van der Waals surface area contributed by atoms with Crippen molar-refractivity contribution in [2.75, 3.05) is 7.11 Å². The first kappa shape index (κ1) is 14.5. The molecule has 1 rings (SSSR count). The molecule has 0 saturated heterocycles. The van der Waals surface area contributed by atoms with E-state index in [2.05, 4.69) is 47.3 Å². The molecule has 0 bridgehead atoms. The van der Waals surface area contributed by atoms with Crippen molar-refractivity contribution in [3.8, 4) is 5.75 Å². The van der Waals surface area contributed by atoms with Crippen molar-refractivity contribution in [2.24, 2.45) is 11.8 Å². The summed E-state index contributed by atoms with van der Waals surface area (Å²) in [5.74, 6) is 7.12. The number of rotatable bonds is 6. The highest BCUT2D eigenvalue weighted by Crippen LogP contribution is 2.30. The van der Waals surface area contributed by atoms with E-state index >= 15 is 0 Å². The zero-order valence-corrected chi connectivity index (χ0v) is 12.3. The zero-order chi connectivity index (χ0) is 12.8. The second kappa shape index (κ2) is 6.99. The highest BCUT2D eigenvalue weighted by molar-refractivity contribution is 9.10. The van der Waals surface area contributed by atoms with Gasteiger partial charge in [0.15, 0.2) is 0 Å². The molecule has 0 aliphatic carbocycles. The van der Waals surface area contributed by atoms with E-state index in [4.69, 9.17) is 10.6 Å². The fraction of sp³-hybridized carbons (Fsp3) is 0.538. The summed E-state index contributed by atoms with van der Waals surface area (Å²) in [5.41, 5.74) is 4.07. The number of hydrogen-bond donors (Lipinski definition) is 2. The van der Waals surface area contributed by atoms with E-state index < -0.39 is 0 Å². The lowest BCUT2D eigenvalue weighted by Gasteiger charge is -2.20. The van der Waals surface area contributed by atoms with Gasteiger partial charge >= 0.3 is 0 Å². The third-order valence-electron chi connectivity index (χ3n) is 3.11. The van der Waals surface area contributed by atoms with Crippen molar-refractivity contribution in [3.05, 3.63) is 28.2 Å². The molecule has 96 valence electrons. The van der Waals surface area contributed by atoms with Crippen molar-refractivity contribution in [1.82, 2.24) is 5.43 Å². The van der Waals surface area contributed by atoms with Crippen LogP contribution in [0, 0.1) is 5.92 Å². The molecule has 0 spiro atoms. The molecule has 0 aliphatic rings. The minimum atomic E-state index is 0.187. The third-order valence-corrected chi connectivity index (χ3v) is 3.73. The Morgan fingerprint density at radius 2 is 2.18 bits per heavy atom. The van der Waals surface area contributed by atoms with Crippen LogP contribution in [0.15, 0.2) is 22.7 Å². The second-order valence-corrected chi connectivity index (χ2v) is 5.22. The van der Waals surface area contributed by atoms with Gasteiger partial charge in [0, 0.05) is 6.04 Å². The quantitative estimate of drug-likeness (QED) is 0.625. The predicted octanol–water partition coefficient (Wildman–Crippen LogP) is 3.40. The van der Waals surface area contributed by atoms with Crippen LogP contribution >= 0.6 is 15.9 Å². The first-order valence-corrected chi connectivity index (χ1v) is 6.71. The zero-order valence-electron chi connectivity index (χ0n) is 10.7. The molecule has 1 aromatic carbocycles. The minimum Gasteiger partial charge on any atom is -0.496 e. The Labute approximate surface area is 112 Å². The molecular weight excluding hydrogens is 280 g/mol. The van der Waals surface area contributed by atoms with Gasteiger partial charge in [0.05, 0.1) is 11.6 Å². The summed E-state index contributed by atoms with van der Waals surface area (Å²) >= 11 is 3.49. The van der Waals surface area contributed by atoms with Gasteiger partial charge < -0.3 is 4.74 Å². The summed E-state index contributed by atoms with van der Waals surface area (Å²) < 4.78 is 6.18. The maximum atomic E-state index is 5.63. The van der Waals surface area contributed by atoms with Gasteiger partial charge in [-0.2, -0.15) is 0 Å². The summed E-state index contributed by atoms with van der Waals surface area (Å²) in [6.45, 7) is 4.44. The molecule has 3 N–H and O–H groups in total. The topological polar surface area (TPSA) is 47.3 Å². The lowest BCUT2D eigenvalue weighted by atomic mass is 9.95. The van der Waals surface area contributed by atoms with Gasteiger partial charge in [-0.25, -0.2) is 0 Å². The Balaban J connectivity index is 2.85. The maximum absolute atomic E-state index is 5.63. The number of methoxy groups -OCH3 is 1. The Kier molecular flexibility index (Phi) is 5.95. The lowest BCUT2D eigenvalue weighted by Crippen LogP contribution is -2.29. The van der Waals surface area contributed by atoms with Gasteiger partial charge in [-0.1, -0.05) is 26.3 Å². The molecule has 1 aromatic rings. The SMILES string of the molecule is CCC(C)CC(NN)c1ccc(OC)c(Br)c1. The van der Waals surface area contributed by atoms with E-state index in [-0.39, 0.29) is 6.04 Å². The second-order valence-electron chi connectivity index (χ2n) is 4.36. The molecule has 2 atom stereocenters. The number of nitrogens with two attached hydrogens (primary N) is 1. The van der Waals surface area contributed by atoms with Crippen LogP contribution < -0.4 is 16.0 Å². The average molecular weight is 301 g/mol. The van der Waals surface area contributed by atoms with Crippen LogP contribution in [0.5, 0.6) is 5.75 Å². The molecule has 0 saturated carbocycles. The van der Waals surface area contributed by atoms with Crippen LogP contribution in [0.3, 0.4) is 0 Å². The summed E-state index contributed by atoms with van der Waals surface area (Å²) in [6.07, 6.45) is 2.20. The predicted molar refractivity (Wildman–Crippen MR) is 74.8 cm³/mol. The summed E-state index contributed by atoms with van der Waals surface area (Å²) in [5, 5.41) is 0. The van der Waals surface area contributed by atoms with Gasteiger partial charge in [0.2, 0.25) is 0 Å². The number of hydrazine groups is 1. The number of ether oxygens (including phenoxy) is 1. The van der Waals surface area contributed by atoms with Crippen LogP contribution in [0.25, 0.3) is 0 Å². The fourth-order valence-electron chi connectivity index (χ4n) is 1.77. The molecule has 0 aliphatic heterocycles. The van der Waals surface area contributed by atoms with Crippen LogP contribution in [-0.2, 0) is 0 Å². The lowest BCUT2D eigenvalue weighted by molar-refractivity contribution is 0.402. The molecule has 2 unspecified atom stereocenters. The maximum Gasteiger partial charge on any atom is 0.133 e. The largest absolute Gasteiger partial charge is 0.496 e. The molecule has 0 radical (unpaired) electrons. The van der Waals surface area contributed by atoms with Crippen molar-refractivity contribution in [2.45, 2.75) is 32.7 Å². The first-order valence-electron chi connectivity index (χ1n) is 5.91. The Morgan fingerprint density at radius 3 is 2.65 bits per heavy atom. The molecule has 0 aromatic heterocycles. The van der Waals surface area contributed by atoms with Gasteiger partial charge in [0.1, 0.15) is 5.75 Å². The number of benzene rings is 1. The molecule has 0 heterocycles. The number of halogens is 1. The van der Waals surface area contributed by atoms with E-state index in [0.717, 1.165) is 23.1 Å². The normalized spacial score (nSPS) is 14.4. The van der Waals surface area contributed by atoms with Crippen molar-refractivity contribution >= 4 is 15.9 Å². The van der Waals surface area contributed by atoms with Crippen LogP contribution in [0.4, 0.5) is 0 Å². The van der Waals surface area contributed by atoms with E-state index in [1.54, 1.807) is 7.11 Å². The van der Waals surface area contributed by atoms with Crippen LogP contribution in [-0.4, -0.2) is 7.11 Å². The smallest absolute Gasteiger partial charge is 0.133 e. The van der Waals surface area contributed by atoms with E-state index in [1.807, 2.05) is 6.07 Å². The number of hydrogen-bond acceptors (Lipinski definition) is 3. The van der Waals surface area contributed by atoms with Gasteiger partial charge in [-0.05, 0) is 46.0 Å². The molecule has 3 nitrogen and oxygen atoms in total. The van der Waals surface area contributed by atoms with Crippen molar-refractivity contribution in [3.63, 3.8) is 0 Å². The van der Waals surface area contributed by atoms with E-state index in [9.17, 15) is 0 Å². The molecule has 0 fully saturated rings. The van der Waals surface area contributed by atoms with Gasteiger partial charge in [-0.15, -0.1) is 0 Å². The van der Waals surface area contributed by atoms with Crippen LogP contribution in [0.2, 0.25) is 0 Å². The van der Waals surface area contributed by atoms with Crippen molar-refractivity contribution in [1.29, 1.82) is 0 Å². The van der Waals surface area contributed by atoms with Crippen molar-refractivity contribution < 1.29 is 4.74 Å². The Bertz CT molecular complexity index is 357. The average Bonchev–Trinajstić information content (AvgIpc) is 2.35.